The number of sulfone groups is 1. The largest absolute Gasteiger partial charge is 0.492 e. The van der Waals surface area contributed by atoms with Gasteiger partial charge in [0.1, 0.15) is 12.4 Å². The second kappa shape index (κ2) is 8.27. The van der Waals surface area contributed by atoms with Gasteiger partial charge < -0.3 is 15.0 Å². The van der Waals surface area contributed by atoms with Crippen LogP contribution in [0.3, 0.4) is 0 Å². The van der Waals surface area contributed by atoms with E-state index in [-0.39, 0.29) is 23.6 Å². The van der Waals surface area contributed by atoms with E-state index in [1.807, 2.05) is 32.9 Å². The molecule has 0 radical (unpaired) electrons. The summed E-state index contributed by atoms with van der Waals surface area (Å²) in [6.07, 6.45) is 0.503. The molecule has 8 heteroatoms. The highest BCUT2D eigenvalue weighted by atomic mass is 35.5. The SMILES string of the molecule is CCN(C(=O)NCCOc1cc(C)c(Cl)c(C)c1)C1CCS(=O)(=O)C1. The fraction of sp³-hybridized carbons (Fsp3) is 0.588. The molecular weight excluding hydrogens is 364 g/mol. The van der Waals surface area contributed by atoms with Crippen LogP contribution in [0.2, 0.25) is 5.02 Å². The molecule has 0 bridgehead atoms. The number of aryl methyl sites for hydroxylation is 2. The molecule has 140 valence electrons. The van der Waals surface area contributed by atoms with E-state index in [1.165, 1.54) is 0 Å². The number of ether oxygens (including phenoxy) is 1. The number of halogens is 1. The maximum Gasteiger partial charge on any atom is 0.317 e. The first-order valence-electron chi connectivity index (χ1n) is 8.38. The van der Waals surface area contributed by atoms with E-state index in [1.54, 1.807) is 4.90 Å². The van der Waals surface area contributed by atoms with Crippen molar-refractivity contribution in [3.63, 3.8) is 0 Å². The van der Waals surface area contributed by atoms with Gasteiger partial charge in [0, 0.05) is 17.6 Å². The van der Waals surface area contributed by atoms with E-state index < -0.39 is 9.84 Å². The van der Waals surface area contributed by atoms with Gasteiger partial charge >= 0.3 is 6.03 Å². The third-order valence-corrected chi connectivity index (χ3v) is 6.65. The zero-order valence-corrected chi connectivity index (χ0v) is 16.4. The Labute approximate surface area is 154 Å². The smallest absolute Gasteiger partial charge is 0.317 e. The molecule has 2 amide bonds. The Kier molecular flexibility index (Phi) is 6.57. The van der Waals surface area contributed by atoms with Gasteiger partial charge in [0.15, 0.2) is 9.84 Å². The van der Waals surface area contributed by atoms with Crippen molar-refractivity contribution in [2.45, 2.75) is 33.2 Å². The quantitative estimate of drug-likeness (QED) is 0.760. The van der Waals surface area contributed by atoms with Crippen molar-refractivity contribution in [2.75, 3.05) is 31.2 Å². The maximum absolute atomic E-state index is 12.3. The number of hydrogen-bond acceptors (Lipinski definition) is 4. The molecule has 1 aromatic carbocycles. The van der Waals surface area contributed by atoms with Crippen LogP contribution < -0.4 is 10.1 Å². The van der Waals surface area contributed by atoms with Gasteiger partial charge in [0.25, 0.3) is 0 Å². The Morgan fingerprint density at radius 2 is 2.00 bits per heavy atom. The van der Waals surface area contributed by atoms with Gasteiger partial charge in [0.2, 0.25) is 0 Å². The standard InChI is InChI=1S/C17H25ClN2O4S/c1-4-20(14-5-8-25(22,23)11-14)17(21)19-6-7-24-15-9-12(2)16(18)13(3)10-15/h9-10,14H,4-8,11H2,1-3H3,(H,19,21). The monoisotopic (exact) mass is 388 g/mol. The third kappa shape index (κ3) is 5.25. The van der Waals surface area contributed by atoms with Crippen molar-refractivity contribution >= 4 is 27.5 Å². The maximum atomic E-state index is 12.3. The highest BCUT2D eigenvalue weighted by Crippen LogP contribution is 2.25. The molecular formula is C17H25ClN2O4S. The van der Waals surface area contributed by atoms with E-state index in [0.717, 1.165) is 16.1 Å². The van der Waals surface area contributed by atoms with Crippen molar-refractivity contribution in [2.24, 2.45) is 0 Å². The van der Waals surface area contributed by atoms with Gasteiger partial charge in [-0.2, -0.15) is 0 Å². The number of nitrogens with zero attached hydrogens (tertiary/aromatic N) is 1. The lowest BCUT2D eigenvalue weighted by Gasteiger charge is -2.27. The molecule has 1 atom stereocenters. The fourth-order valence-electron chi connectivity index (χ4n) is 3.01. The van der Waals surface area contributed by atoms with Crippen LogP contribution in [0.1, 0.15) is 24.5 Å². The summed E-state index contributed by atoms with van der Waals surface area (Å²) >= 11 is 6.12. The van der Waals surface area contributed by atoms with Gasteiger partial charge in [0.05, 0.1) is 18.1 Å². The van der Waals surface area contributed by atoms with E-state index >= 15 is 0 Å². The van der Waals surface area contributed by atoms with Crippen LogP contribution in [0.25, 0.3) is 0 Å². The third-order valence-electron chi connectivity index (χ3n) is 4.31. The minimum atomic E-state index is -3.01. The highest BCUT2D eigenvalue weighted by Gasteiger charge is 2.33. The molecule has 0 saturated carbocycles. The average molecular weight is 389 g/mol. The number of amides is 2. The lowest BCUT2D eigenvalue weighted by Crippen LogP contribution is -2.47. The normalized spacial score (nSPS) is 18.8. The molecule has 25 heavy (non-hydrogen) atoms. The number of nitrogens with one attached hydrogen (secondary N) is 1. The summed E-state index contributed by atoms with van der Waals surface area (Å²) in [4.78, 5) is 13.9. The van der Waals surface area contributed by atoms with Gasteiger partial charge in [-0.05, 0) is 50.5 Å². The van der Waals surface area contributed by atoms with E-state index in [4.69, 9.17) is 16.3 Å². The zero-order valence-electron chi connectivity index (χ0n) is 14.8. The second-order valence-electron chi connectivity index (χ2n) is 6.29. The van der Waals surface area contributed by atoms with Crippen LogP contribution in [0.15, 0.2) is 12.1 Å². The predicted molar refractivity (Wildman–Crippen MR) is 99.3 cm³/mol. The van der Waals surface area contributed by atoms with Crippen LogP contribution in [-0.4, -0.2) is 56.6 Å². The first-order chi connectivity index (χ1) is 11.7. The Morgan fingerprint density at radius 1 is 1.36 bits per heavy atom. The number of benzene rings is 1. The second-order valence-corrected chi connectivity index (χ2v) is 8.90. The molecule has 0 aliphatic carbocycles. The number of rotatable bonds is 6. The predicted octanol–water partition coefficient (Wildman–Crippen LogP) is 2.55. The van der Waals surface area contributed by atoms with E-state index in [0.29, 0.717) is 31.9 Å². The van der Waals surface area contributed by atoms with Gasteiger partial charge in [-0.3, -0.25) is 0 Å². The molecule has 0 spiro atoms. The number of carbonyl (C=O) groups is 1. The molecule has 1 aromatic rings. The molecule has 1 aliphatic heterocycles. The zero-order chi connectivity index (χ0) is 18.6. The van der Waals surface area contributed by atoms with Crippen molar-refractivity contribution in [3.05, 3.63) is 28.3 Å². The molecule has 2 rings (SSSR count). The van der Waals surface area contributed by atoms with Crippen molar-refractivity contribution in [1.29, 1.82) is 0 Å². The van der Waals surface area contributed by atoms with Crippen LogP contribution in [0.4, 0.5) is 4.79 Å². The summed E-state index contributed by atoms with van der Waals surface area (Å²) in [5.74, 6) is 0.913. The molecule has 1 saturated heterocycles. The average Bonchev–Trinajstić information content (AvgIpc) is 2.89. The van der Waals surface area contributed by atoms with E-state index in [2.05, 4.69) is 5.32 Å². The Bertz CT molecular complexity index is 713. The lowest BCUT2D eigenvalue weighted by molar-refractivity contribution is 0.181. The summed E-state index contributed by atoms with van der Waals surface area (Å²) in [5.41, 5.74) is 1.89. The van der Waals surface area contributed by atoms with Gasteiger partial charge in [-0.15, -0.1) is 0 Å². The molecule has 1 heterocycles. The topological polar surface area (TPSA) is 75.7 Å². The summed E-state index contributed by atoms with van der Waals surface area (Å²) in [7, 11) is -3.01. The molecule has 1 N–H and O–H groups in total. The van der Waals surface area contributed by atoms with Crippen LogP contribution >= 0.6 is 11.6 Å². The van der Waals surface area contributed by atoms with Gasteiger partial charge in [-0.25, -0.2) is 13.2 Å². The van der Waals surface area contributed by atoms with Crippen LogP contribution in [0, 0.1) is 13.8 Å². The molecule has 1 unspecified atom stereocenters. The fourth-order valence-corrected chi connectivity index (χ4v) is 4.85. The lowest BCUT2D eigenvalue weighted by atomic mass is 10.1. The summed E-state index contributed by atoms with van der Waals surface area (Å²) in [5, 5.41) is 3.52. The van der Waals surface area contributed by atoms with Crippen molar-refractivity contribution in [3.8, 4) is 5.75 Å². The Morgan fingerprint density at radius 3 is 2.52 bits per heavy atom. The first kappa shape index (κ1) is 19.8. The minimum Gasteiger partial charge on any atom is -0.492 e. The number of carbonyl (C=O) groups excluding carboxylic acids is 1. The molecule has 1 fully saturated rings. The number of hydrogen-bond donors (Lipinski definition) is 1. The molecule has 6 nitrogen and oxygen atoms in total. The Hall–Kier alpha value is -1.47. The minimum absolute atomic E-state index is 0.0497. The molecule has 1 aliphatic rings. The molecule has 0 aromatic heterocycles. The van der Waals surface area contributed by atoms with Crippen molar-refractivity contribution < 1.29 is 17.9 Å². The first-order valence-corrected chi connectivity index (χ1v) is 10.6. The van der Waals surface area contributed by atoms with Gasteiger partial charge in [-0.1, -0.05) is 11.6 Å². The van der Waals surface area contributed by atoms with Crippen molar-refractivity contribution in [1.82, 2.24) is 10.2 Å². The highest BCUT2D eigenvalue weighted by molar-refractivity contribution is 7.91. The van der Waals surface area contributed by atoms with Crippen LogP contribution in [0.5, 0.6) is 5.75 Å². The summed E-state index contributed by atoms with van der Waals surface area (Å²) in [6, 6.07) is 3.23. The van der Waals surface area contributed by atoms with Crippen LogP contribution in [-0.2, 0) is 9.84 Å². The number of urea groups is 1. The Balaban J connectivity index is 1.81. The van der Waals surface area contributed by atoms with E-state index in [9.17, 15) is 13.2 Å². The summed E-state index contributed by atoms with van der Waals surface area (Å²) in [6.45, 7) is 6.82. The summed E-state index contributed by atoms with van der Waals surface area (Å²) < 4.78 is 28.8.